The van der Waals surface area contributed by atoms with Crippen LogP contribution < -0.4 is 0 Å². The highest BCUT2D eigenvalue weighted by atomic mass is 79.9. The Hall–Kier alpha value is 0.140. The van der Waals surface area contributed by atoms with E-state index in [0.717, 1.165) is 13.0 Å². The van der Waals surface area contributed by atoms with Gasteiger partial charge in [0, 0.05) is 15.1 Å². The molecular weight excluding hydrogens is 272 g/mol. The quantitative estimate of drug-likeness (QED) is 0.754. The molecule has 0 aliphatic heterocycles. The zero-order chi connectivity index (χ0) is 10.9. The largest absolute Gasteiger partial charge is 0.372 e. The van der Waals surface area contributed by atoms with Crippen LogP contribution in [0, 0.1) is 5.41 Å². The summed E-state index contributed by atoms with van der Waals surface area (Å²) in [5.41, 5.74) is 0.331. The highest BCUT2D eigenvalue weighted by molar-refractivity contribution is 9.09. The Morgan fingerprint density at radius 1 is 1.67 bits per heavy atom. The maximum Gasteiger partial charge on any atom is 0.0813 e. The number of hydrogen-bond acceptors (Lipinski definition) is 2. The van der Waals surface area contributed by atoms with Gasteiger partial charge in [-0.05, 0) is 24.3 Å². The summed E-state index contributed by atoms with van der Waals surface area (Å²) in [6.45, 7) is 5.33. The smallest absolute Gasteiger partial charge is 0.0813 e. The molecule has 1 heterocycles. The van der Waals surface area contributed by atoms with Crippen LogP contribution in [0.25, 0.3) is 0 Å². The Balaban J connectivity index is 1.86. The minimum absolute atomic E-state index is 0.331. The van der Waals surface area contributed by atoms with Crippen molar-refractivity contribution in [1.82, 2.24) is 0 Å². The van der Waals surface area contributed by atoms with Gasteiger partial charge < -0.3 is 4.74 Å². The predicted octanol–water partition coefficient (Wildman–Crippen LogP) is 4.22. The minimum atomic E-state index is 0.331. The predicted molar refractivity (Wildman–Crippen MR) is 68.6 cm³/mol. The van der Waals surface area contributed by atoms with Gasteiger partial charge in [-0.2, -0.15) is 0 Å². The van der Waals surface area contributed by atoms with Crippen LogP contribution in [-0.4, -0.2) is 10.9 Å². The van der Waals surface area contributed by atoms with Crippen LogP contribution in [0.2, 0.25) is 0 Å². The maximum atomic E-state index is 5.98. The molecule has 1 aliphatic carbocycles. The first-order valence-corrected chi connectivity index (χ1v) is 7.24. The van der Waals surface area contributed by atoms with E-state index in [-0.39, 0.29) is 0 Å². The average molecular weight is 289 g/mol. The fraction of sp³-hybridized carbons (Fsp3) is 0.667. The summed E-state index contributed by atoms with van der Waals surface area (Å²) in [7, 11) is 0. The molecule has 0 amide bonds. The SMILES string of the molecule is CCC1(C)C(Br)CC1OCc1cccs1. The van der Waals surface area contributed by atoms with Crippen molar-refractivity contribution in [2.75, 3.05) is 0 Å². The fourth-order valence-corrected chi connectivity index (χ4v) is 3.64. The number of halogens is 1. The van der Waals surface area contributed by atoms with Gasteiger partial charge in [0.15, 0.2) is 0 Å². The molecule has 1 fully saturated rings. The summed E-state index contributed by atoms with van der Waals surface area (Å²) in [5.74, 6) is 0. The zero-order valence-corrected chi connectivity index (χ0v) is 11.6. The van der Waals surface area contributed by atoms with Gasteiger partial charge in [0.05, 0.1) is 12.7 Å². The molecule has 2 rings (SSSR count). The Kier molecular flexibility index (Phi) is 3.53. The molecule has 3 unspecified atom stereocenters. The summed E-state index contributed by atoms with van der Waals surface area (Å²) in [4.78, 5) is 1.95. The van der Waals surface area contributed by atoms with Crippen molar-refractivity contribution >= 4 is 27.3 Å². The van der Waals surface area contributed by atoms with Crippen molar-refractivity contribution in [3.63, 3.8) is 0 Å². The second kappa shape index (κ2) is 4.56. The highest BCUT2D eigenvalue weighted by Crippen LogP contribution is 2.50. The summed E-state index contributed by atoms with van der Waals surface area (Å²) in [6, 6.07) is 4.22. The molecule has 1 nitrogen and oxygen atoms in total. The maximum absolute atomic E-state index is 5.98. The van der Waals surface area contributed by atoms with E-state index in [0.29, 0.717) is 16.3 Å². The van der Waals surface area contributed by atoms with Crippen LogP contribution in [0.1, 0.15) is 31.6 Å². The first-order chi connectivity index (χ1) is 7.16. The molecule has 0 saturated heterocycles. The van der Waals surface area contributed by atoms with Crippen LogP contribution in [-0.2, 0) is 11.3 Å². The lowest BCUT2D eigenvalue weighted by molar-refractivity contribution is -0.103. The molecule has 1 aromatic rings. The molecule has 0 spiro atoms. The molecule has 1 aliphatic rings. The number of alkyl halides is 1. The molecule has 0 bridgehead atoms. The van der Waals surface area contributed by atoms with E-state index in [9.17, 15) is 0 Å². The molecule has 0 radical (unpaired) electrons. The standard InChI is InChI=1S/C12H17BrOS/c1-3-12(2)10(13)7-11(12)14-8-9-5-4-6-15-9/h4-6,10-11H,3,7-8H2,1-2H3. The van der Waals surface area contributed by atoms with Crippen LogP contribution in [0.3, 0.4) is 0 Å². The van der Waals surface area contributed by atoms with Gasteiger partial charge in [-0.15, -0.1) is 11.3 Å². The van der Waals surface area contributed by atoms with E-state index in [2.05, 4.69) is 47.3 Å². The lowest BCUT2D eigenvalue weighted by atomic mass is 9.66. The third-order valence-electron chi connectivity index (χ3n) is 3.64. The van der Waals surface area contributed by atoms with E-state index < -0.39 is 0 Å². The van der Waals surface area contributed by atoms with E-state index in [1.54, 1.807) is 11.3 Å². The Labute approximate surface area is 104 Å². The van der Waals surface area contributed by atoms with Crippen LogP contribution >= 0.6 is 27.3 Å². The molecule has 3 atom stereocenters. The summed E-state index contributed by atoms with van der Waals surface area (Å²) >= 11 is 5.50. The number of thiophene rings is 1. The lowest BCUT2D eigenvalue weighted by Crippen LogP contribution is -2.53. The number of ether oxygens (including phenoxy) is 1. The van der Waals surface area contributed by atoms with Gasteiger partial charge >= 0.3 is 0 Å². The Bertz CT molecular complexity index is 311. The van der Waals surface area contributed by atoms with E-state index >= 15 is 0 Å². The monoisotopic (exact) mass is 288 g/mol. The molecular formula is C12H17BrOS. The van der Waals surface area contributed by atoms with Crippen LogP contribution in [0.5, 0.6) is 0 Å². The summed E-state index contributed by atoms with van der Waals surface area (Å²) < 4.78 is 5.98. The van der Waals surface area contributed by atoms with Gasteiger partial charge in [-0.1, -0.05) is 35.8 Å². The summed E-state index contributed by atoms with van der Waals surface area (Å²) in [5, 5.41) is 2.10. The zero-order valence-electron chi connectivity index (χ0n) is 9.20. The minimum Gasteiger partial charge on any atom is -0.372 e. The van der Waals surface area contributed by atoms with Crippen molar-refractivity contribution in [2.45, 2.75) is 44.2 Å². The van der Waals surface area contributed by atoms with Crippen LogP contribution in [0.15, 0.2) is 17.5 Å². The lowest BCUT2D eigenvalue weighted by Gasteiger charge is -2.50. The molecule has 1 saturated carbocycles. The van der Waals surface area contributed by atoms with Crippen molar-refractivity contribution in [3.8, 4) is 0 Å². The molecule has 84 valence electrons. The van der Waals surface area contributed by atoms with Gasteiger partial charge in [0.1, 0.15) is 0 Å². The first-order valence-electron chi connectivity index (χ1n) is 5.45. The number of rotatable bonds is 4. The third kappa shape index (κ3) is 2.15. The third-order valence-corrected chi connectivity index (χ3v) is 5.91. The van der Waals surface area contributed by atoms with Gasteiger partial charge in [-0.3, -0.25) is 0 Å². The van der Waals surface area contributed by atoms with Gasteiger partial charge in [-0.25, -0.2) is 0 Å². The van der Waals surface area contributed by atoms with Crippen molar-refractivity contribution in [3.05, 3.63) is 22.4 Å². The molecule has 1 aromatic heterocycles. The van der Waals surface area contributed by atoms with Gasteiger partial charge in [0.25, 0.3) is 0 Å². The molecule has 15 heavy (non-hydrogen) atoms. The second-order valence-electron chi connectivity index (χ2n) is 4.44. The van der Waals surface area contributed by atoms with Crippen molar-refractivity contribution in [1.29, 1.82) is 0 Å². The molecule has 3 heteroatoms. The Morgan fingerprint density at radius 3 is 3.00 bits per heavy atom. The van der Waals surface area contributed by atoms with Crippen molar-refractivity contribution in [2.24, 2.45) is 5.41 Å². The van der Waals surface area contributed by atoms with E-state index in [4.69, 9.17) is 4.74 Å². The first kappa shape index (κ1) is 11.6. The van der Waals surface area contributed by atoms with Crippen molar-refractivity contribution < 1.29 is 4.74 Å². The topological polar surface area (TPSA) is 9.23 Å². The Morgan fingerprint density at radius 2 is 2.47 bits per heavy atom. The molecule has 0 aromatic carbocycles. The normalized spacial score (nSPS) is 35.1. The molecule has 0 N–H and O–H groups in total. The second-order valence-corrected chi connectivity index (χ2v) is 6.58. The van der Waals surface area contributed by atoms with E-state index in [1.165, 1.54) is 11.3 Å². The summed E-state index contributed by atoms with van der Waals surface area (Å²) in [6.07, 6.45) is 2.75. The van der Waals surface area contributed by atoms with E-state index in [1.807, 2.05) is 0 Å². The fourth-order valence-electron chi connectivity index (χ4n) is 2.05. The number of hydrogen-bond donors (Lipinski definition) is 0. The van der Waals surface area contributed by atoms with Gasteiger partial charge in [0.2, 0.25) is 0 Å². The van der Waals surface area contributed by atoms with Crippen LogP contribution in [0.4, 0.5) is 0 Å². The average Bonchev–Trinajstić information content (AvgIpc) is 2.75. The highest BCUT2D eigenvalue weighted by Gasteiger charge is 2.49.